The fourth-order valence-corrected chi connectivity index (χ4v) is 2.66. The van der Waals surface area contributed by atoms with E-state index in [-0.39, 0.29) is 12.0 Å². The first-order valence-electron chi connectivity index (χ1n) is 8.32. The average Bonchev–Trinajstić information content (AvgIpc) is 2.95. The molecule has 1 aliphatic heterocycles. The Morgan fingerprint density at radius 1 is 1.32 bits per heavy atom. The molecule has 2 rings (SSSR count). The fraction of sp³-hybridized carbons (Fsp3) is 0.500. The van der Waals surface area contributed by atoms with E-state index in [1.807, 2.05) is 20.8 Å². The van der Waals surface area contributed by atoms with Gasteiger partial charge in [0.05, 0.1) is 6.54 Å². The summed E-state index contributed by atoms with van der Waals surface area (Å²) in [7, 11) is 0. The van der Waals surface area contributed by atoms with Gasteiger partial charge in [0.2, 0.25) is 0 Å². The summed E-state index contributed by atoms with van der Waals surface area (Å²) >= 11 is 0. The molecule has 0 unspecified atom stereocenters. The van der Waals surface area contributed by atoms with Crippen molar-refractivity contribution in [3.05, 3.63) is 42.3 Å². The molecule has 0 bridgehead atoms. The van der Waals surface area contributed by atoms with Gasteiger partial charge < -0.3 is 14.5 Å². The lowest BCUT2D eigenvalue weighted by molar-refractivity contribution is 0.0222. The second kappa shape index (κ2) is 7.55. The van der Waals surface area contributed by atoms with Crippen LogP contribution in [0.5, 0.6) is 0 Å². The summed E-state index contributed by atoms with van der Waals surface area (Å²) in [6.07, 6.45) is 3.55. The molecule has 136 valence electrons. The number of ether oxygens (including phenoxy) is 1. The summed E-state index contributed by atoms with van der Waals surface area (Å²) in [5, 5.41) is 7.11. The van der Waals surface area contributed by atoms with Gasteiger partial charge in [-0.3, -0.25) is 9.89 Å². The molecule has 2 heterocycles. The summed E-state index contributed by atoms with van der Waals surface area (Å²) < 4.78 is 5.43. The molecule has 0 aliphatic carbocycles. The lowest BCUT2D eigenvalue weighted by Gasteiger charge is -2.30. The van der Waals surface area contributed by atoms with E-state index in [0.29, 0.717) is 38.3 Å². The highest BCUT2D eigenvalue weighted by Crippen LogP contribution is 2.23. The number of H-pyrrole nitrogens is 1. The third-order valence-corrected chi connectivity index (χ3v) is 3.77. The van der Waals surface area contributed by atoms with E-state index in [2.05, 4.69) is 23.4 Å². The van der Waals surface area contributed by atoms with E-state index in [4.69, 9.17) is 4.74 Å². The molecular weight excluding hydrogens is 320 g/mol. The highest BCUT2D eigenvalue weighted by atomic mass is 16.6. The summed E-state index contributed by atoms with van der Waals surface area (Å²) in [5.74, 6) is -0.205. The third kappa shape index (κ3) is 4.49. The molecule has 25 heavy (non-hydrogen) atoms. The molecular formula is C18H26N4O3. The first kappa shape index (κ1) is 18.8. The first-order chi connectivity index (χ1) is 11.8. The van der Waals surface area contributed by atoms with Gasteiger partial charge in [-0.15, -0.1) is 13.2 Å². The topological polar surface area (TPSA) is 78.5 Å². The minimum atomic E-state index is -0.558. The van der Waals surface area contributed by atoms with Crippen molar-refractivity contribution in [1.82, 2.24) is 20.0 Å². The number of carbonyl (C=O) groups excluding carboxylic acids is 2. The molecule has 1 aromatic heterocycles. The Kier molecular flexibility index (Phi) is 5.66. The minimum absolute atomic E-state index is 0.205. The summed E-state index contributed by atoms with van der Waals surface area (Å²) in [4.78, 5) is 28.3. The second-order valence-electron chi connectivity index (χ2n) is 6.97. The lowest BCUT2D eigenvalue weighted by atomic mass is 10.0. The van der Waals surface area contributed by atoms with Crippen LogP contribution >= 0.6 is 0 Å². The highest BCUT2D eigenvalue weighted by molar-refractivity contribution is 5.94. The predicted octanol–water partition coefficient (Wildman–Crippen LogP) is 2.52. The average molecular weight is 346 g/mol. The number of aromatic amines is 1. The van der Waals surface area contributed by atoms with Gasteiger partial charge in [0.25, 0.3) is 5.91 Å². The molecule has 0 aromatic carbocycles. The maximum absolute atomic E-state index is 12.8. The zero-order valence-electron chi connectivity index (χ0n) is 15.2. The Balaban J connectivity index is 2.20. The van der Waals surface area contributed by atoms with Crippen LogP contribution in [0.4, 0.5) is 4.79 Å². The number of aromatic nitrogens is 2. The van der Waals surface area contributed by atoms with Gasteiger partial charge in [-0.2, -0.15) is 5.10 Å². The number of fused-ring (bicyclic) bond motifs is 1. The maximum atomic E-state index is 12.8. The standard InChI is InChI=1S/C18H26N4O3/c1-6-9-21(10-7-2)16(23)15-13-12-22(11-8-14(13)19-20-15)17(24)25-18(3,4)5/h6-7H,1-2,8-12H2,3-5H3,(H,19,20). The van der Waals surface area contributed by atoms with Crippen molar-refractivity contribution in [3.63, 3.8) is 0 Å². The van der Waals surface area contributed by atoms with E-state index in [9.17, 15) is 9.59 Å². The molecule has 0 atom stereocenters. The molecule has 1 N–H and O–H groups in total. The quantitative estimate of drug-likeness (QED) is 0.831. The highest BCUT2D eigenvalue weighted by Gasteiger charge is 2.31. The normalized spacial score (nSPS) is 13.8. The molecule has 1 aliphatic rings. The van der Waals surface area contributed by atoms with Gasteiger partial charge >= 0.3 is 6.09 Å². The molecule has 0 radical (unpaired) electrons. The van der Waals surface area contributed by atoms with Crippen molar-refractivity contribution in [2.75, 3.05) is 19.6 Å². The number of hydrogen-bond donors (Lipinski definition) is 1. The van der Waals surface area contributed by atoms with Crippen LogP contribution in [0.15, 0.2) is 25.3 Å². The van der Waals surface area contributed by atoms with Crippen LogP contribution < -0.4 is 0 Å². The molecule has 7 heteroatoms. The number of nitrogens with one attached hydrogen (secondary N) is 1. The van der Waals surface area contributed by atoms with Gasteiger partial charge in [-0.1, -0.05) is 12.2 Å². The van der Waals surface area contributed by atoms with E-state index >= 15 is 0 Å². The number of carbonyl (C=O) groups is 2. The van der Waals surface area contributed by atoms with E-state index in [1.54, 1.807) is 22.0 Å². The SMILES string of the molecule is C=CCN(CC=C)C(=O)c1n[nH]c2c1CN(C(=O)OC(C)(C)C)CC2. The minimum Gasteiger partial charge on any atom is -0.444 e. The molecule has 1 aromatic rings. The van der Waals surface area contributed by atoms with Gasteiger partial charge in [-0.25, -0.2) is 4.79 Å². The van der Waals surface area contributed by atoms with Crippen LogP contribution in [0.2, 0.25) is 0 Å². The van der Waals surface area contributed by atoms with Crippen molar-refractivity contribution in [3.8, 4) is 0 Å². The Labute approximate surface area is 148 Å². The van der Waals surface area contributed by atoms with Crippen LogP contribution in [0.25, 0.3) is 0 Å². The van der Waals surface area contributed by atoms with Gasteiger partial charge in [0.15, 0.2) is 5.69 Å². The largest absolute Gasteiger partial charge is 0.444 e. The molecule has 2 amide bonds. The van der Waals surface area contributed by atoms with Crippen LogP contribution in [0.3, 0.4) is 0 Å². The lowest BCUT2D eigenvalue weighted by Crippen LogP contribution is -2.40. The molecule has 7 nitrogen and oxygen atoms in total. The third-order valence-electron chi connectivity index (χ3n) is 3.77. The van der Waals surface area contributed by atoms with Gasteiger partial charge in [0.1, 0.15) is 5.60 Å². The summed E-state index contributed by atoms with van der Waals surface area (Å²) in [6, 6.07) is 0. The van der Waals surface area contributed by atoms with E-state index in [0.717, 1.165) is 11.3 Å². The van der Waals surface area contributed by atoms with Crippen LogP contribution in [0.1, 0.15) is 42.5 Å². The van der Waals surface area contributed by atoms with Crippen LogP contribution in [-0.4, -0.2) is 57.2 Å². The Morgan fingerprint density at radius 2 is 1.96 bits per heavy atom. The Bertz CT molecular complexity index is 662. The smallest absolute Gasteiger partial charge is 0.410 e. The van der Waals surface area contributed by atoms with E-state index < -0.39 is 5.60 Å². The van der Waals surface area contributed by atoms with Crippen LogP contribution in [0, 0.1) is 0 Å². The summed E-state index contributed by atoms with van der Waals surface area (Å²) in [5.41, 5.74) is 1.42. The van der Waals surface area contributed by atoms with E-state index in [1.165, 1.54) is 0 Å². The number of hydrogen-bond acceptors (Lipinski definition) is 4. The van der Waals surface area contributed by atoms with Crippen molar-refractivity contribution in [2.24, 2.45) is 0 Å². The van der Waals surface area contributed by atoms with Crippen LogP contribution in [-0.2, 0) is 17.7 Å². The number of rotatable bonds is 5. The Hall–Kier alpha value is -2.57. The Morgan fingerprint density at radius 3 is 2.52 bits per heavy atom. The van der Waals surface area contributed by atoms with Crippen molar-refractivity contribution in [2.45, 2.75) is 39.3 Å². The number of amides is 2. The van der Waals surface area contributed by atoms with Gasteiger partial charge in [0, 0.05) is 37.3 Å². The van der Waals surface area contributed by atoms with Gasteiger partial charge in [-0.05, 0) is 20.8 Å². The zero-order valence-corrected chi connectivity index (χ0v) is 15.2. The maximum Gasteiger partial charge on any atom is 0.410 e. The summed E-state index contributed by atoms with van der Waals surface area (Å²) in [6.45, 7) is 14.5. The molecule has 0 spiro atoms. The second-order valence-corrected chi connectivity index (χ2v) is 6.97. The monoisotopic (exact) mass is 346 g/mol. The van der Waals surface area contributed by atoms with Crippen molar-refractivity contribution >= 4 is 12.0 Å². The molecule has 0 fully saturated rings. The van der Waals surface area contributed by atoms with Crippen molar-refractivity contribution in [1.29, 1.82) is 0 Å². The van der Waals surface area contributed by atoms with Crippen molar-refractivity contribution < 1.29 is 14.3 Å². The first-order valence-corrected chi connectivity index (χ1v) is 8.32. The molecule has 0 saturated heterocycles. The molecule has 0 saturated carbocycles. The number of nitrogens with zero attached hydrogens (tertiary/aromatic N) is 3. The predicted molar refractivity (Wildman–Crippen MR) is 95.2 cm³/mol. The fourth-order valence-electron chi connectivity index (χ4n) is 2.66. The zero-order chi connectivity index (χ0) is 18.6.